The molecule has 2 aromatic carbocycles. The number of nitrogens with zero attached hydrogens (tertiary/aromatic N) is 2. The summed E-state index contributed by atoms with van der Waals surface area (Å²) in [6, 6.07) is 15.6. The summed E-state index contributed by atoms with van der Waals surface area (Å²) in [5.74, 6) is -0.0950. The van der Waals surface area contributed by atoms with Gasteiger partial charge in [0.1, 0.15) is 0 Å². The van der Waals surface area contributed by atoms with Crippen LogP contribution in [0, 0.1) is 6.92 Å². The molecule has 1 saturated heterocycles. The average molecular weight is 363 g/mol. The predicted molar refractivity (Wildman–Crippen MR) is 109 cm³/mol. The zero-order chi connectivity index (χ0) is 19.2. The second-order valence-electron chi connectivity index (χ2n) is 6.69. The van der Waals surface area contributed by atoms with E-state index in [4.69, 9.17) is 0 Å². The lowest BCUT2D eigenvalue weighted by Crippen LogP contribution is -2.48. The van der Waals surface area contributed by atoms with Crippen LogP contribution < -0.4 is 10.2 Å². The summed E-state index contributed by atoms with van der Waals surface area (Å²) in [5, 5.41) is 2.59. The zero-order valence-electron chi connectivity index (χ0n) is 15.8. The van der Waals surface area contributed by atoms with Gasteiger partial charge in [0.2, 0.25) is 5.91 Å². The molecule has 3 rings (SSSR count). The van der Waals surface area contributed by atoms with Crippen molar-refractivity contribution in [2.75, 3.05) is 38.1 Å². The van der Waals surface area contributed by atoms with Crippen molar-refractivity contribution >= 4 is 23.6 Å². The van der Waals surface area contributed by atoms with Crippen LogP contribution in [0.15, 0.2) is 54.6 Å². The van der Waals surface area contributed by atoms with Gasteiger partial charge in [-0.2, -0.15) is 0 Å². The molecule has 0 aliphatic carbocycles. The summed E-state index contributed by atoms with van der Waals surface area (Å²) >= 11 is 0. The highest BCUT2D eigenvalue weighted by Crippen LogP contribution is 2.18. The molecule has 140 valence electrons. The number of hydrogen-bond donors (Lipinski definition) is 1. The third kappa shape index (κ3) is 4.76. The molecule has 0 atom stereocenters. The first-order valence-corrected chi connectivity index (χ1v) is 9.17. The Labute approximate surface area is 160 Å². The van der Waals surface area contributed by atoms with Gasteiger partial charge in [0, 0.05) is 50.6 Å². The Kier molecular flexibility index (Phi) is 5.91. The largest absolute Gasteiger partial charge is 0.368 e. The van der Waals surface area contributed by atoms with E-state index in [1.807, 2.05) is 17.0 Å². The molecule has 27 heavy (non-hydrogen) atoms. The molecule has 0 unspecified atom stereocenters. The number of nitrogens with one attached hydrogen (secondary N) is 1. The maximum atomic E-state index is 12.4. The van der Waals surface area contributed by atoms with E-state index in [-0.39, 0.29) is 11.8 Å². The standard InChI is InChI=1S/C22H25N3O2/c1-17-4-3-5-20(16-17)24-12-14-25(15-13-24)21(26)11-8-18-6-9-19(10-7-18)22(27)23-2/h3-11,16H,12-15H2,1-2H3,(H,23,27)/b11-8+. The highest BCUT2D eigenvalue weighted by molar-refractivity contribution is 5.95. The van der Waals surface area contributed by atoms with Crippen LogP contribution in [0.4, 0.5) is 5.69 Å². The summed E-state index contributed by atoms with van der Waals surface area (Å²) in [7, 11) is 1.60. The summed E-state index contributed by atoms with van der Waals surface area (Å²) < 4.78 is 0. The molecular weight excluding hydrogens is 338 g/mol. The molecule has 1 fully saturated rings. The van der Waals surface area contributed by atoms with E-state index in [0.29, 0.717) is 18.7 Å². The molecule has 2 amide bonds. The lowest BCUT2D eigenvalue weighted by Gasteiger charge is -2.35. The SMILES string of the molecule is CNC(=O)c1ccc(/C=C/C(=O)N2CCN(c3cccc(C)c3)CC2)cc1. The lowest BCUT2D eigenvalue weighted by molar-refractivity contribution is -0.126. The zero-order valence-corrected chi connectivity index (χ0v) is 15.8. The molecule has 0 spiro atoms. The first-order valence-electron chi connectivity index (χ1n) is 9.17. The number of rotatable bonds is 4. The number of aryl methyl sites for hydroxylation is 1. The summed E-state index contributed by atoms with van der Waals surface area (Å²) in [6.07, 6.45) is 3.40. The number of amides is 2. The van der Waals surface area contributed by atoms with Crippen LogP contribution in [0.5, 0.6) is 0 Å². The molecule has 1 heterocycles. The first-order chi connectivity index (χ1) is 13.1. The monoisotopic (exact) mass is 363 g/mol. The number of benzene rings is 2. The molecule has 1 aliphatic heterocycles. The van der Waals surface area contributed by atoms with Crippen LogP contribution in [0.2, 0.25) is 0 Å². The van der Waals surface area contributed by atoms with Crippen LogP contribution in [-0.2, 0) is 4.79 Å². The minimum Gasteiger partial charge on any atom is -0.368 e. The van der Waals surface area contributed by atoms with Gasteiger partial charge in [0.15, 0.2) is 0 Å². The molecule has 0 radical (unpaired) electrons. The fourth-order valence-electron chi connectivity index (χ4n) is 3.17. The van der Waals surface area contributed by atoms with Gasteiger partial charge in [-0.15, -0.1) is 0 Å². The molecule has 5 nitrogen and oxygen atoms in total. The maximum Gasteiger partial charge on any atom is 0.251 e. The Morgan fingerprint density at radius 1 is 1.00 bits per heavy atom. The Morgan fingerprint density at radius 3 is 2.33 bits per heavy atom. The number of piperazine rings is 1. The van der Waals surface area contributed by atoms with Gasteiger partial charge in [-0.25, -0.2) is 0 Å². The Bertz CT molecular complexity index is 835. The molecule has 1 aliphatic rings. The van der Waals surface area contributed by atoms with Gasteiger partial charge < -0.3 is 15.1 Å². The maximum absolute atomic E-state index is 12.4. The van der Waals surface area contributed by atoms with E-state index in [1.165, 1.54) is 11.3 Å². The topological polar surface area (TPSA) is 52.7 Å². The van der Waals surface area contributed by atoms with Crippen molar-refractivity contribution < 1.29 is 9.59 Å². The molecule has 0 saturated carbocycles. The Morgan fingerprint density at radius 2 is 1.70 bits per heavy atom. The van der Waals surface area contributed by atoms with E-state index in [9.17, 15) is 9.59 Å². The van der Waals surface area contributed by atoms with Crippen molar-refractivity contribution in [3.05, 3.63) is 71.3 Å². The number of hydrogen-bond acceptors (Lipinski definition) is 3. The minimum absolute atomic E-state index is 0.0225. The third-order valence-corrected chi connectivity index (χ3v) is 4.78. The smallest absolute Gasteiger partial charge is 0.251 e. The third-order valence-electron chi connectivity index (χ3n) is 4.78. The summed E-state index contributed by atoms with van der Waals surface area (Å²) in [6.45, 7) is 5.20. The van der Waals surface area contributed by atoms with Crippen molar-refractivity contribution in [3.8, 4) is 0 Å². The van der Waals surface area contributed by atoms with Gasteiger partial charge in [0.25, 0.3) is 5.91 Å². The summed E-state index contributed by atoms with van der Waals surface area (Å²) in [4.78, 5) is 28.2. The Balaban J connectivity index is 1.55. The number of carbonyl (C=O) groups is 2. The molecule has 5 heteroatoms. The average Bonchev–Trinajstić information content (AvgIpc) is 2.72. The number of anilines is 1. The van der Waals surface area contributed by atoms with Crippen LogP contribution in [-0.4, -0.2) is 49.9 Å². The van der Waals surface area contributed by atoms with Gasteiger partial charge in [-0.05, 0) is 48.4 Å². The van der Waals surface area contributed by atoms with Crippen molar-refractivity contribution in [1.29, 1.82) is 0 Å². The quantitative estimate of drug-likeness (QED) is 0.850. The molecule has 2 aromatic rings. The van der Waals surface area contributed by atoms with Gasteiger partial charge in [0.05, 0.1) is 0 Å². The normalized spacial score (nSPS) is 14.4. The van der Waals surface area contributed by atoms with Crippen molar-refractivity contribution in [2.45, 2.75) is 6.92 Å². The van der Waals surface area contributed by atoms with Crippen molar-refractivity contribution in [3.63, 3.8) is 0 Å². The number of carbonyl (C=O) groups excluding carboxylic acids is 2. The van der Waals surface area contributed by atoms with Crippen LogP contribution >= 0.6 is 0 Å². The predicted octanol–water partition coefficient (Wildman–Crippen LogP) is 2.72. The fraction of sp³-hybridized carbons (Fsp3) is 0.273. The van der Waals surface area contributed by atoms with E-state index >= 15 is 0 Å². The fourth-order valence-corrected chi connectivity index (χ4v) is 3.17. The molecule has 1 N–H and O–H groups in total. The first kappa shape index (κ1) is 18.7. The van der Waals surface area contributed by atoms with Crippen LogP contribution in [0.3, 0.4) is 0 Å². The lowest BCUT2D eigenvalue weighted by atomic mass is 10.1. The van der Waals surface area contributed by atoms with Crippen molar-refractivity contribution in [2.24, 2.45) is 0 Å². The molecular formula is C22H25N3O2. The van der Waals surface area contributed by atoms with Gasteiger partial charge in [-0.1, -0.05) is 24.3 Å². The summed E-state index contributed by atoms with van der Waals surface area (Å²) in [5.41, 5.74) is 3.97. The Hall–Kier alpha value is -3.08. The van der Waals surface area contributed by atoms with E-state index in [1.54, 1.807) is 31.3 Å². The highest BCUT2D eigenvalue weighted by atomic mass is 16.2. The van der Waals surface area contributed by atoms with Crippen LogP contribution in [0.1, 0.15) is 21.5 Å². The van der Waals surface area contributed by atoms with E-state index < -0.39 is 0 Å². The van der Waals surface area contributed by atoms with Crippen molar-refractivity contribution in [1.82, 2.24) is 10.2 Å². The van der Waals surface area contributed by atoms with Crippen LogP contribution in [0.25, 0.3) is 6.08 Å². The van der Waals surface area contributed by atoms with E-state index in [2.05, 4.69) is 41.4 Å². The molecule has 0 bridgehead atoms. The highest BCUT2D eigenvalue weighted by Gasteiger charge is 2.19. The van der Waals surface area contributed by atoms with E-state index in [0.717, 1.165) is 18.7 Å². The van der Waals surface area contributed by atoms with Gasteiger partial charge in [-0.3, -0.25) is 9.59 Å². The second kappa shape index (κ2) is 8.54. The molecule has 0 aromatic heterocycles. The minimum atomic E-state index is -0.118. The second-order valence-corrected chi connectivity index (χ2v) is 6.69. The van der Waals surface area contributed by atoms with Gasteiger partial charge >= 0.3 is 0 Å².